The maximum absolute atomic E-state index is 12.3. The highest BCUT2D eigenvalue weighted by atomic mass is 79.9. The van der Waals surface area contributed by atoms with Crippen molar-refractivity contribution in [2.24, 2.45) is 0 Å². The average molecular weight is 388 g/mol. The van der Waals surface area contributed by atoms with Gasteiger partial charge in [0.15, 0.2) is 0 Å². The van der Waals surface area contributed by atoms with E-state index in [-0.39, 0.29) is 16.9 Å². The van der Waals surface area contributed by atoms with Crippen LogP contribution in [0.1, 0.15) is 0 Å². The lowest BCUT2D eigenvalue weighted by Gasteiger charge is -2.45. The second-order valence-corrected chi connectivity index (χ2v) is 20.3. The number of ketones is 2. The molecule has 0 aromatic carbocycles. The highest BCUT2D eigenvalue weighted by Crippen LogP contribution is 2.40. The summed E-state index contributed by atoms with van der Waals surface area (Å²) < 4.78 is -0.572. The topological polar surface area (TPSA) is 34.1 Å². The largest absolute Gasteiger partial charge is 0.290 e. The summed E-state index contributed by atoms with van der Waals surface area (Å²) in [5.74, 6) is -0.551. The highest BCUT2D eigenvalue weighted by Gasteiger charge is 2.57. The number of carbonyl (C=O) groups is 2. The van der Waals surface area contributed by atoms with Gasteiger partial charge in [-0.15, -0.1) is 0 Å². The van der Waals surface area contributed by atoms with E-state index in [9.17, 15) is 9.59 Å². The third-order valence-electron chi connectivity index (χ3n) is 2.75. The SMILES string of the molecule is C[Si](C)(C)C(Br)(C(=O)C(=O)CBr)[Si](C)(C)C. The van der Waals surface area contributed by atoms with Crippen molar-refractivity contribution in [3.63, 3.8) is 0 Å². The van der Waals surface area contributed by atoms with E-state index in [0.717, 1.165) is 0 Å². The Labute approximate surface area is 117 Å². The average Bonchev–Trinajstić information content (AvgIpc) is 2.10. The quantitative estimate of drug-likeness (QED) is 0.411. The Morgan fingerprint density at radius 1 is 1.00 bits per heavy atom. The van der Waals surface area contributed by atoms with Crippen LogP contribution in [0, 0.1) is 0 Å². The minimum Gasteiger partial charge on any atom is -0.290 e. The number of halogens is 2. The molecule has 0 rings (SSSR count). The summed E-state index contributed by atoms with van der Waals surface area (Å²) in [4.78, 5) is 24.0. The smallest absolute Gasteiger partial charge is 0.210 e. The number of hydrogen-bond acceptors (Lipinski definition) is 2. The Kier molecular flexibility index (Phi) is 5.39. The van der Waals surface area contributed by atoms with E-state index >= 15 is 0 Å². The third kappa shape index (κ3) is 2.94. The van der Waals surface area contributed by atoms with Crippen LogP contribution >= 0.6 is 31.9 Å². The van der Waals surface area contributed by atoms with Crippen molar-refractivity contribution in [3.05, 3.63) is 0 Å². The van der Waals surface area contributed by atoms with E-state index in [1.54, 1.807) is 0 Å². The molecular weight excluding hydrogens is 368 g/mol. The molecule has 0 radical (unpaired) electrons. The third-order valence-corrected chi connectivity index (χ3v) is 19.8. The standard InChI is InChI=1S/C10H20Br2O2Si2/c1-15(2,3)10(12,16(4,5)6)9(14)8(13)7-11/h7H2,1-6H3. The van der Waals surface area contributed by atoms with Gasteiger partial charge in [-0.1, -0.05) is 71.1 Å². The fraction of sp³-hybridized carbons (Fsp3) is 0.800. The molecule has 0 aromatic rings. The van der Waals surface area contributed by atoms with Crippen LogP contribution in [0.4, 0.5) is 0 Å². The minimum absolute atomic E-state index is 0.119. The van der Waals surface area contributed by atoms with Gasteiger partial charge in [-0.25, -0.2) is 0 Å². The van der Waals surface area contributed by atoms with Gasteiger partial charge in [0.25, 0.3) is 0 Å². The molecule has 0 bridgehead atoms. The van der Waals surface area contributed by atoms with Gasteiger partial charge in [-0.2, -0.15) is 0 Å². The molecule has 0 aromatic heterocycles. The van der Waals surface area contributed by atoms with Gasteiger partial charge in [0.2, 0.25) is 11.6 Å². The number of carbonyl (C=O) groups excluding carboxylic acids is 2. The maximum atomic E-state index is 12.3. The van der Waals surface area contributed by atoms with Gasteiger partial charge >= 0.3 is 0 Å². The molecule has 94 valence electrons. The molecule has 16 heavy (non-hydrogen) atoms. The fourth-order valence-corrected chi connectivity index (χ4v) is 13.2. The van der Waals surface area contributed by atoms with E-state index in [0.29, 0.717) is 0 Å². The summed E-state index contributed by atoms with van der Waals surface area (Å²) in [5.41, 5.74) is 0. The molecule has 0 aliphatic rings. The molecule has 0 aliphatic heterocycles. The van der Waals surface area contributed by atoms with Crippen molar-refractivity contribution >= 4 is 59.6 Å². The molecule has 0 saturated carbocycles. The lowest BCUT2D eigenvalue weighted by atomic mass is 10.3. The van der Waals surface area contributed by atoms with Crippen LogP contribution in [0.25, 0.3) is 0 Å². The summed E-state index contributed by atoms with van der Waals surface area (Å²) in [6.45, 7) is 12.8. The zero-order valence-electron chi connectivity index (χ0n) is 10.8. The molecule has 0 amide bonds. The van der Waals surface area contributed by atoms with Crippen LogP contribution in [0.3, 0.4) is 0 Å². The zero-order chi connectivity index (χ0) is 13.4. The predicted molar refractivity (Wildman–Crippen MR) is 82.2 cm³/mol. The summed E-state index contributed by atoms with van der Waals surface area (Å²) in [7, 11) is -3.60. The van der Waals surface area contributed by atoms with Gasteiger partial charge < -0.3 is 0 Å². The van der Waals surface area contributed by atoms with E-state index in [1.165, 1.54) is 0 Å². The summed E-state index contributed by atoms with van der Waals surface area (Å²) in [5, 5.41) is 0.119. The predicted octanol–water partition coefficient (Wildman–Crippen LogP) is 3.41. The van der Waals surface area contributed by atoms with Crippen molar-refractivity contribution in [2.45, 2.75) is 42.9 Å². The second kappa shape index (κ2) is 5.16. The first-order valence-electron chi connectivity index (χ1n) is 5.22. The molecule has 6 heteroatoms. The molecule has 2 nitrogen and oxygen atoms in total. The number of alkyl halides is 2. The van der Waals surface area contributed by atoms with Crippen LogP contribution in [-0.2, 0) is 9.59 Å². The van der Waals surface area contributed by atoms with Crippen molar-refractivity contribution in [1.29, 1.82) is 0 Å². The first-order valence-corrected chi connectivity index (χ1v) is 14.1. The van der Waals surface area contributed by atoms with Gasteiger partial charge in [-0.3, -0.25) is 9.59 Å². The molecule has 0 fully saturated rings. The summed E-state index contributed by atoms with van der Waals surface area (Å²) >= 11 is 6.75. The van der Waals surface area contributed by atoms with Gasteiger partial charge in [0.05, 0.1) is 25.0 Å². The lowest BCUT2D eigenvalue weighted by Crippen LogP contribution is -2.68. The molecule has 0 N–H and O–H groups in total. The highest BCUT2D eigenvalue weighted by molar-refractivity contribution is 9.11. The molecule has 0 unspecified atom stereocenters. The maximum Gasteiger partial charge on any atom is 0.210 e. The number of rotatable bonds is 5. The number of hydrogen-bond donors (Lipinski definition) is 0. The Morgan fingerprint density at radius 2 is 1.31 bits per heavy atom. The first kappa shape index (κ1) is 16.7. The van der Waals surface area contributed by atoms with Crippen LogP contribution in [0.5, 0.6) is 0 Å². The molecular formula is C10H20Br2O2Si2. The Hall–Kier alpha value is 0.734. The Morgan fingerprint density at radius 3 is 1.50 bits per heavy atom. The van der Waals surface area contributed by atoms with Crippen molar-refractivity contribution in [3.8, 4) is 0 Å². The van der Waals surface area contributed by atoms with Crippen LogP contribution in [-0.4, -0.2) is 36.6 Å². The van der Waals surface area contributed by atoms with E-state index in [2.05, 4.69) is 71.1 Å². The van der Waals surface area contributed by atoms with Crippen molar-refractivity contribution in [1.82, 2.24) is 0 Å². The molecule has 0 aliphatic carbocycles. The van der Waals surface area contributed by atoms with Crippen LogP contribution in [0.15, 0.2) is 0 Å². The van der Waals surface area contributed by atoms with E-state index < -0.39 is 19.7 Å². The van der Waals surface area contributed by atoms with Crippen molar-refractivity contribution < 1.29 is 9.59 Å². The molecule has 0 saturated heterocycles. The molecule has 0 heterocycles. The van der Waals surface area contributed by atoms with Gasteiger partial charge in [0.1, 0.15) is 0 Å². The monoisotopic (exact) mass is 386 g/mol. The normalized spacial score (nSPS) is 13.8. The summed E-state index contributed by atoms with van der Waals surface area (Å²) in [6.07, 6.45) is 0. The fourth-order valence-electron chi connectivity index (χ4n) is 2.06. The van der Waals surface area contributed by atoms with Crippen LogP contribution in [0.2, 0.25) is 39.3 Å². The summed E-state index contributed by atoms with van der Waals surface area (Å²) in [6, 6.07) is 0. The van der Waals surface area contributed by atoms with Gasteiger partial charge in [-0.05, 0) is 0 Å². The second-order valence-electron chi connectivity index (χ2n) is 6.04. The minimum atomic E-state index is -1.80. The van der Waals surface area contributed by atoms with Crippen molar-refractivity contribution in [2.75, 3.05) is 5.33 Å². The van der Waals surface area contributed by atoms with Gasteiger partial charge in [0, 0.05) is 0 Å². The van der Waals surface area contributed by atoms with E-state index in [4.69, 9.17) is 0 Å². The Bertz CT molecular complexity index is 289. The van der Waals surface area contributed by atoms with E-state index in [1.807, 2.05) is 0 Å². The number of Topliss-reactive ketones (excluding diaryl/α,β-unsaturated/α-hetero) is 2. The Balaban J connectivity index is 5.63. The lowest BCUT2D eigenvalue weighted by molar-refractivity contribution is -0.134. The molecule has 0 atom stereocenters. The zero-order valence-corrected chi connectivity index (χ0v) is 16.0. The molecule has 0 spiro atoms. The first-order chi connectivity index (χ1) is 6.89. The van der Waals surface area contributed by atoms with Crippen LogP contribution < -0.4 is 0 Å².